The van der Waals surface area contributed by atoms with Gasteiger partial charge in [-0.25, -0.2) is 0 Å². The molecule has 0 saturated carbocycles. The van der Waals surface area contributed by atoms with Crippen LogP contribution in [-0.2, 0) is 11.3 Å². The van der Waals surface area contributed by atoms with Crippen molar-refractivity contribution in [2.24, 2.45) is 0 Å². The van der Waals surface area contributed by atoms with Gasteiger partial charge in [-0.15, -0.1) is 0 Å². The minimum absolute atomic E-state index is 0.0443. The molecule has 1 fully saturated rings. The number of quaternary nitrogens is 1. The van der Waals surface area contributed by atoms with Gasteiger partial charge >= 0.3 is 0 Å². The molecule has 132 valence electrons. The maximum atomic E-state index is 12.5. The van der Waals surface area contributed by atoms with Gasteiger partial charge in [-0.2, -0.15) is 0 Å². The largest absolute Gasteiger partial charge is 0.359 e. The Balaban J connectivity index is 1.50. The minimum atomic E-state index is -0.0443. The van der Waals surface area contributed by atoms with Gasteiger partial charge < -0.3 is 15.1 Å². The number of hydrogen-bond donors (Lipinski definition) is 2. The fourth-order valence-corrected chi connectivity index (χ4v) is 3.55. The van der Waals surface area contributed by atoms with Gasteiger partial charge in [0, 0.05) is 6.54 Å². The van der Waals surface area contributed by atoms with Crippen molar-refractivity contribution in [3.05, 3.63) is 65.2 Å². The highest BCUT2D eigenvalue weighted by atomic mass is 35.5. The van der Waals surface area contributed by atoms with E-state index in [1.165, 1.54) is 4.90 Å². The maximum Gasteiger partial charge on any atom is 0.278 e. The summed E-state index contributed by atoms with van der Waals surface area (Å²) in [5.41, 5.74) is 2.21. The van der Waals surface area contributed by atoms with E-state index in [1.54, 1.807) is 0 Å². The summed E-state index contributed by atoms with van der Waals surface area (Å²) in [7, 11) is 0. The first-order chi connectivity index (χ1) is 12.1. The van der Waals surface area contributed by atoms with Crippen LogP contribution >= 0.6 is 11.6 Å². The second-order valence-electron chi connectivity index (χ2n) is 6.52. The lowest BCUT2D eigenvalue weighted by Crippen LogP contribution is -3.19. The van der Waals surface area contributed by atoms with Crippen LogP contribution in [0.25, 0.3) is 0 Å². The van der Waals surface area contributed by atoms with E-state index in [0.29, 0.717) is 6.54 Å². The van der Waals surface area contributed by atoms with Crippen molar-refractivity contribution in [2.75, 3.05) is 31.1 Å². The molecule has 0 unspecified atom stereocenters. The first-order valence-electron chi connectivity index (χ1n) is 8.81. The molecular weight excluding hydrogens is 334 g/mol. The Morgan fingerprint density at radius 2 is 1.76 bits per heavy atom. The maximum absolute atomic E-state index is 12.5. The van der Waals surface area contributed by atoms with E-state index in [2.05, 4.69) is 16.3 Å². The Bertz CT molecular complexity index is 699. The zero-order valence-corrected chi connectivity index (χ0v) is 15.3. The second-order valence-corrected chi connectivity index (χ2v) is 6.93. The van der Waals surface area contributed by atoms with Crippen molar-refractivity contribution in [1.82, 2.24) is 5.32 Å². The molecule has 2 aromatic carbocycles. The fraction of sp³-hybridized carbons (Fsp3) is 0.350. The van der Waals surface area contributed by atoms with E-state index < -0.39 is 0 Å². The van der Waals surface area contributed by atoms with Crippen molar-refractivity contribution < 1.29 is 9.69 Å². The van der Waals surface area contributed by atoms with Crippen molar-refractivity contribution in [3.8, 4) is 0 Å². The van der Waals surface area contributed by atoms with Crippen LogP contribution in [0.4, 0.5) is 5.69 Å². The third-order valence-corrected chi connectivity index (χ3v) is 5.23. The summed E-state index contributed by atoms with van der Waals surface area (Å²) in [4.78, 5) is 16.1. The predicted octanol–water partition coefficient (Wildman–Crippen LogP) is 1.75. The van der Waals surface area contributed by atoms with Gasteiger partial charge in [0.15, 0.2) is 6.04 Å². The Hall–Kier alpha value is -2.04. The zero-order chi connectivity index (χ0) is 17.6. The number of hydrogen-bond acceptors (Lipinski definition) is 2. The first-order valence-corrected chi connectivity index (χ1v) is 9.18. The zero-order valence-electron chi connectivity index (χ0n) is 14.5. The first kappa shape index (κ1) is 17.8. The Labute approximate surface area is 154 Å². The van der Waals surface area contributed by atoms with Gasteiger partial charge in [-0.3, -0.25) is 4.79 Å². The highest BCUT2D eigenvalue weighted by molar-refractivity contribution is 6.33. The quantitative estimate of drug-likeness (QED) is 0.854. The van der Waals surface area contributed by atoms with Gasteiger partial charge in [-0.05, 0) is 24.6 Å². The van der Waals surface area contributed by atoms with Crippen LogP contribution in [0.15, 0.2) is 54.6 Å². The number of nitrogens with zero attached hydrogens (tertiary/aromatic N) is 1. The van der Waals surface area contributed by atoms with Gasteiger partial charge in [0.1, 0.15) is 0 Å². The number of para-hydroxylation sites is 1. The molecule has 0 aliphatic carbocycles. The molecule has 2 N–H and O–H groups in total. The molecule has 1 saturated heterocycles. The third-order valence-electron chi connectivity index (χ3n) is 4.91. The Morgan fingerprint density at radius 1 is 1.12 bits per heavy atom. The summed E-state index contributed by atoms with van der Waals surface area (Å²) in [6.45, 7) is 6.30. The molecule has 1 heterocycles. The van der Waals surface area contributed by atoms with Crippen molar-refractivity contribution >= 4 is 23.2 Å². The molecule has 1 amide bonds. The molecule has 1 aliphatic rings. The van der Waals surface area contributed by atoms with E-state index in [4.69, 9.17) is 11.6 Å². The van der Waals surface area contributed by atoms with Gasteiger partial charge in [0.25, 0.3) is 5.91 Å². The standard InChI is InChI=1S/C20H24ClN3O/c1-16(20(25)22-15-17-7-3-2-4-8-17)23-11-13-24(14-12-23)19-10-6-5-9-18(19)21/h2-10,16H,11-15H2,1H3,(H,22,25)/p+1/t16-/m0/s1. The number of piperazine rings is 1. The highest BCUT2D eigenvalue weighted by Crippen LogP contribution is 2.24. The highest BCUT2D eigenvalue weighted by Gasteiger charge is 2.29. The SMILES string of the molecule is C[C@@H](C(=O)NCc1ccccc1)[NH+]1CCN(c2ccccc2Cl)CC1. The number of anilines is 1. The lowest BCUT2D eigenvalue weighted by molar-refractivity contribution is -0.914. The molecule has 3 rings (SSSR count). The number of nitrogens with one attached hydrogen (secondary N) is 2. The van der Waals surface area contributed by atoms with Crippen LogP contribution in [0.3, 0.4) is 0 Å². The molecule has 25 heavy (non-hydrogen) atoms. The summed E-state index contributed by atoms with van der Waals surface area (Å²) < 4.78 is 0. The third kappa shape index (κ3) is 4.53. The van der Waals surface area contributed by atoms with E-state index in [-0.39, 0.29) is 11.9 Å². The smallest absolute Gasteiger partial charge is 0.278 e. The van der Waals surface area contributed by atoms with Crippen molar-refractivity contribution in [2.45, 2.75) is 19.5 Å². The van der Waals surface area contributed by atoms with Crippen molar-refractivity contribution in [1.29, 1.82) is 0 Å². The topological polar surface area (TPSA) is 36.8 Å². The Kier molecular flexibility index (Phi) is 5.95. The monoisotopic (exact) mass is 358 g/mol. The summed E-state index contributed by atoms with van der Waals surface area (Å²) in [6, 6.07) is 17.9. The average molecular weight is 359 g/mol. The summed E-state index contributed by atoms with van der Waals surface area (Å²) in [5.74, 6) is 0.116. The predicted molar refractivity (Wildman–Crippen MR) is 102 cm³/mol. The molecule has 1 atom stereocenters. The number of benzene rings is 2. The van der Waals surface area contributed by atoms with Crippen LogP contribution in [0.1, 0.15) is 12.5 Å². The van der Waals surface area contributed by atoms with E-state index >= 15 is 0 Å². The molecule has 0 spiro atoms. The second kappa shape index (κ2) is 8.37. The van der Waals surface area contributed by atoms with Crippen LogP contribution < -0.4 is 15.1 Å². The van der Waals surface area contributed by atoms with Gasteiger partial charge in [-0.1, -0.05) is 54.1 Å². The van der Waals surface area contributed by atoms with Gasteiger partial charge in [0.2, 0.25) is 0 Å². The molecule has 0 bridgehead atoms. The summed E-state index contributed by atoms with van der Waals surface area (Å²) >= 11 is 6.29. The number of amides is 1. The summed E-state index contributed by atoms with van der Waals surface area (Å²) in [5, 5.41) is 3.84. The molecule has 0 aromatic heterocycles. The van der Waals surface area contributed by atoms with Gasteiger partial charge in [0.05, 0.1) is 36.9 Å². The number of rotatable bonds is 5. The van der Waals surface area contributed by atoms with Crippen LogP contribution in [0, 0.1) is 0 Å². The van der Waals surface area contributed by atoms with Crippen molar-refractivity contribution in [3.63, 3.8) is 0 Å². The lowest BCUT2D eigenvalue weighted by Gasteiger charge is -2.36. The van der Waals surface area contributed by atoms with E-state index in [0.717, 1.165) is 42.5 Å². The molecule has 4 nitrogen and oxygen atoms in total. The Morgan fingerprint density at radius 3 is 2.44 bits per heavy atom. The van der Waals surface area contributed by atoms with Crippen LogP contribution in [0.2, 0.25) is 5.02 Å². The fourth-order valence-electron chi connectivity index (χ4n) is 3.30. The van der Waals surface area contributed by atoms with Crippen LogP contribution in [0.5, 0.6) is 0 Å². The molecular formula is C20H25ClN3O+. The molecule has 5 heteroatoms. The normalized spacial score (nSPS) is 16.5. The molecule has 1 aliphatic heterocycles. The minimum Gasteiger partial charge on any atom is -0.359 e. The molecule has 2 aromatic rings. The number of carbonyl (C=O) groups excluding carboxylic acids is 1. The number of halogens is 1. The summed E-state index contributed by atoms with van der Waals surface area (Å²) in [6.07, 6.45) is 0. The van der Waals surface area contributed by atoms with E-state index in [1.807, 2.05) is 55.5 Å². The van der Waals surface area contributed by atoms with E-state index in [9.17, 15) is 4.79 Å². The molecule has 0 radical (unpaired) electrons. The van der Waals surface area contributed by atoms with Crippen LogP contribution in [-0.4, -0.2) is 38.1 Å². The lowest BCUT2D eigenvalue weighted by atomic mass is 10.2. The average Bonchev–Trinajstić information content (AvgIpc) is 2.67. The number of carbonyl (C=O) groups is 1.